The first-order chi connectivity index (χ1) is 3.80. The zero-order chi connectivity index (χ0) is 5.98. The fourth-order valence-corrected chi connectivity index (χ4v) is 0.558. The Kier molecular flexibility index (Phi) is 3.63. The Labute approximate surface area is 71.8 Å². The summed E-state index contributed by atoms with van der Waals surface area (Å²) in [6.07, 6.45) is 1.49. The minimum atomic E-state index is 0. The van der Waals surface area contributed by atoms with Crippen LogP contribution in [0, 0.1) is 4.64 Å². The first-order valence-electron chi connectivity index (χ1n) is 2.17. The molecule has 0 saturated carbocycles. The maximum absolute atomic E-state index is 8.73. The largest absolute Gasteiger partial charge is 1.00 e. The second kappa shape index (κ2) is 3.73. The first kappa shape index (κ1) is 8.77. The van der Waals surface area contributed by atoms with Crippen molar-refractivity contribution in [2.75, 3.05) is 0 Å². The molecule has 0 aliphatic carbocycles. The van der Waals surface area contributed by atoms with E-state index in [1.165, 1.54) is 6.20 Å². The summed E-state index contributed by atoms with van der Waals surface area (Å²) >= 11 is 4.67. The van der Waals surface area contributed by atoms with E-state index in [-0.39, 0.29) is 20.3 Å². The summed E-state index contributed by atoms with van der Waals surface area (Å²) in [4.78, 5) is 0. The van der Waals surface area contributed by atoms with E-state index < -0.39 is 0 Å². The molecule has 0 atom stereocenters. The zero-order valence-corrected chi connectivity index (χ0v) is 5.93. The smallest absolute Gasteiger partial charge is 1.00 e. The molecule has 1 N–H and O–H groups in total. The fourth-order valence-electron chi connectivity index (χ4n) is 0.419. The van der Waals surface area contributed by atoms with E-state index in [0.717, 1.165) is 4.73 Å². The summed E-state index contributed by atoms with van der Waals surface area (Å²) in [5, 5.41) is 8.73. The average molecular weight is 135 g/mol. The molecule has 44 valence electrons. The van der Waals surface area contributed by atoms with E-state index in [1.807, 2.05) is 0 Å². The summed E-state index contributed by atoms with van der Waals surface area (Å²) in [5.41, 5.74) is 0. The Balaban J connectivity index is 0. The molecular formula is C5H6LiNOS. The van der Waals surface area contributed by atoms with Gasteiger partial charge in [-0.05, 0) is 12.1 Å². The van der Waals surface area contributed by atoms with Gasteiger partial charge in [-0.1, -0.05) is 18.3 Å². The van der Waals surface area contributed by atoms with Crippen molar-refractivity contribution in [1.82, 2.24) is 4.73 Å². The Morgan fingerprint density at radius 2 is 2.22 bits per heavy atom. The fraction of sp³-hybridized carbons (Fsp3) is 0. The van der Waals surface area contributed by atoms with Gasteiger partial charge in [0.2, 0.25) is 0 Å². The van der Waals surface area contributed by atoms with Gasteiger partial charge in [-0.2, -0.15) is 4.73 Å². The second-order valence-corrected chi connectivity index (χ2v) is 1.80. The van der Waals surface area contributed by atoms with Crippen molar-refractivity contribution in [3.05, 3.63) is 29.0 Å². The molecular weight excluding hydrogens is 129 g/mol. The van der Waals surface area contributed by atoms with Gasteiger partial charge in [-0.25, -0.2) is 0 Å². The quantitative estimate of drug-likeness (QED) is 0.268. The number of hydrogen-bond acceptors (Lipinski definition) is 2. The van der Waals surface area contributed by atoms with Crippen LogP contribution < -0.4 is 18.9 Å². The van der Waals surface area contributed by atoms with Crippen molar-refractivity contribution in [2.24, 2.45) is 0 Å². The maximum atomic E-state index is 8.73. The molecule has 0 aliphatic heterocycles. The first-order valence-corrected chi connectivity index (χ1v) is 2.58. The summed E-state index contributed by atoms with van der Waals surface area (Å²) in [7, 11) is 0. The number of nitrogens with zero attached hydrogens (tertiary/aromatic N) is 1. The predicted molar refractivity (Wildman–Crippen MR) is 33.6 cm³/mol. The van der Waals surface area contributed by atoms with E-state index in [4.69, 9.17) is 5.21 Å². The average Bonchev–Trinajstić information content (AvgIpc) is 1.77. The Hall–Kier alpha value is -0.233. The van der Waals surface area contributed by atoms with Crippen LogP contribution in [0.5, 0.6) is 0 Å². The van der Waals surface area contributed by atoms with Crippen molar-refractivity contribution in [2.45, 2.75) is 0 Å². The van der Waals surface area contributed by atoms with Gasteiger partial charge in [0, 0.05) is 6.20 Å². The third kappa shape index (κ3) is 2.23. The third-order valence-corrected chi connectivity index (χ3v) is 1.13. The molecule has 1 rings (SSSR count). The molecule has 0 bridgehead atoms. The topological polar surface area (TPSA) is 25.2 Å². The number of rotatable bonds is 0. The minimum Gasteiger partial charge on any atom is -1.00 e. The van der Waals surface area contributed by atoms with Crippen molar-refractivity contribution in [3.8, 4) is 0 Å². The summed E-state index contributed by atoms with van der Waals surface area (Å²) in [6.45, 7) is 0. The predicted octanol–water partition coefficient (Wildman–Crippen LogP) is -1.43. The van der Waals surface area contributed by atoms with Crippen molar-refractivity contribution < 1.29 is 25.5 Å². The van der Waals surface area contributed by atoms with Gasteiger partial charge in [0.05, 0.1) is 0 Å². The number of pyridine rings is 1. The summed E-state index contributed by atoms with van der Waals surface area (Å²) in [5.74, 6) is 0. The van der Waals surface area contributed by atoms with E-state index in [1.54, 1.807) is 18.2 Å². The van der Waals surface area contributed by atoms with Crippen LogP contribution in [0.25, 0.3) is 0 Å². The third-order valence-electron chi connectivity index (χ3n) is 0.803. The SMILES string of the molecule is On1ccccc1=S.[H-].[Li+]. The van der Waals surface area contributed by atoms with Gasteiger partial charge in [0.15, 0.2) is 0 Å². The van der Waals surface area contributed by atoms with Crippen LogP contribution in [0.3, 0.4) is 0 Å². The Morgan fingerprint density at radius 1 is 1.56 bits per heavy atom. The number of hydrogen-bond donors (Lipinski definition) is 1. The Bertz CT molecular complexity index is 239. The van der Waals surface area contributed by atoms with E-state index >= 15 is 0 Å². The van der Waals surface area contributed by atoms with Crippen LogP contribution in [-0.4, -0.2) is 9.94 Å². The summed E-state index contributed by atoms with van der Waals surface area (Å²) < 4.78 is 1.32. The molecule has 0 saturated heterocycles. The van der Waals surface area contributed by atoms with Crippen LogP contribution in [-0.2, 0) is 0 Å². The van der Waals surface area contributed by atoms with Gasteiger partial charge in [0.1, 0.15) is 4.64 Å². The molecule has 0 aromatic carbocycles. The molecule has 0 fully saturated rings. The zero-order valence-electron chi connectivity index (χ0n) is 6.11. The molecule has 0 unspecified atom stereocenters. The van der Waals surface area contributed by atoms with Crippen LogP contribution in [0.4, 0.5) is 0 Å². The monoisotopic (exact) mass is 135 g/mol. The molecule has 0 radical (unpaired) electrons. The second-order valence-electron chi connectivity index (χ2n) is 1.38. The van der Waals surface area contributed by atoms with E-state index in [9.17, 15) is 0 Å². The number of aromatic nitrogens is 1. The van der Waals surface area contributed by atoms with Gasteiger partial charge < -0.3 is 6.63 Å². The van der Waals surface area contributed by atoms with Crippen molar-refractivity contribution >= 4 is 12.2 Å². The van der Waals surface area contributed by atoms with Crippen molar-refractivity contribution in [1.29, 1.82) is 0 Å². The molecule has 2 nitrogen and oxygen atoms in total. The van der Waals surface area contributed by atoms with E-state index in [0.29, 0.717) is 4.64 Å². The molecule has 1 heterocycles. The molecule has 0 amide bonds. The molecule has 0 aliphatic rings. The molecule has 1 aromatic rings. The van der Waals surface area contributed by atoms with Crippen molar-refractivity contribution in [3.63, 3.8) is 0 Å². The molecule has 4 heteroatoms. The molecule has 9 heavy (non-hydrogen) atoms. The Morgan fingerprint density at radius 3 is 2.56 bits per heavy atom. The molecule has 0 spiro atoms. The van der Waals surface area contributed by atoms with Gasteiger partial charge in [0.25, 0.3) is 0 Å². The minimum absolute atomic E-state index is 0. The summed E-state index contributed by atoms with van der Waals surface area (Å²) in [6, 6.07) is 5.13. The van der Waals surface area contributed by atoms with Crippen LogP contribution in [0.15, 0.2) is 24.4 Å². The van der Waals surface area contributed by atoms with Gasteiger partial charge in [-0.15, -0.1) is 0 Å². The van der Waals surface area contributed by atoms with E-state index in [2.05, 4.69) is 12.2 Å². The van der Waals surface area contributed by atoms with Crippen LogP contribution in [0.1, 0.15) is 1.43 Å². The maximum Gasteiger partial charge on any atom is 1.00 e. The van der Waals surface area contributed by atoms with Crippen LogP contribution >= 0.6 is 12.2 Å². The molecule has 1 aromatic heterocycles. The van der Waals surface area contributed by atoms with Crippen LogP contribution in [0.2, 0.25) is 0 Å². The van der Waals surface area contributed by atoms with Gasteiger partial charge in [-0.3, -0.25) is 0 Å². The normalized spacial score (nSPS) is 8.00. The van der Waals surface area contributed by atoms with Gasteiger partial charge >= 0.3 is 18.9 Å². The standard InChI is InChI=1S/C5H5NOS.Li.H/c7-6-4-2-1-3-5(6)8;;/h1-4,7H;;/q;+1;-1.